The first kappa shape index (κ1) is 23.6. The van der Waals surface area contributed by atoms with Crippen LogP contribution in [0.1, 0.15) is 11.3 Å². The Morgan fingerprint density at radius 1 is 1.03 bits per heavy atom. The van der Waals surface area contributed by atoms with E-state index in [2.05, 4.69) is 51.0 Å². The molecule has 168 valence electrons. The number of para-hydroxylation sites is 1. The third-order valence-electron chi connectivity index (χ3n) is 5.40. The van der Waals surface area contributed by atoms with E-state index in [1.54, 1.807) is 6.26 Å². The molecule has 0 unspecified atom stereocenters. The second kappa shape index (κ2) is 12.7. The number of nitrogens with zero attached hydrogens (tertiary/aromatic N) is 2. The van der Waals surface area contributed by atoms with Crippen molar-refractivity contribution in [3.8, 4) is 0 Å². The van der Waals surface area contributed by atoms with E-state index in [-0.39, 0.29) is 24.0 Å². The predicted octanol–water partition coefficient (Wildman–Crippen LogP) is 3.03. The van der Waals surface area contributed by atoms with Gasteiger partial charge in [-0.25, -0.2) is 0 Å². The van der Waals surface area contributed by atoms with E-state index in [4.69, 9.17) is 14.1 Å². The minimum atomic E-state index is 0. The molecular formula is C23H32IN5O2. The molecule has 0 atom stereocenters. The summed E-state index contributed by atoms with van der Waals surface area (Å²) >= 11 is 0. The van der Waals surface area contributed by atoms with E-state index >= 15 is 0 Å². The number of furan rings is 1. The van der Waals surface area contributed by atoms with Crippen molar-refractivity contribution >= 4 is 40.8 Å². The van der Waals surface area contributed by atoms with Gasteiger partial charge in [0.1, 0.15) is 5.76 Å². The van der Waals surface area contributed by atoms with Gasteiger partial charge in [0.15, 0.2) is 5.96 Å². The zero-order valence-corrected chi connectivity index (χ0v) is 20.1. The smallest absolute Gasteiger partial charge is 0.191 e. The van der Waals surface area contributed by atoms with Gasteiger partial charge in [0.2, 0.25) is 0 Å². The van der Waals surface area contributed by atoms with Crippen LogP contribution in [0.2, 0.25) is 0 Å². The maximum atomic E-state index is 5.42. The Bertz CT molecular complexity index is 919. The number of halogens is 1. The molecule has 0 spiro atoms. The normalized spacial score (nSPS) is 15.0. The average Bonchev–Trinajstić information content (AvgIpc) is 3.44. The molecule has 7 nitrogen and oxygen atoms in total. The van der Waals surface area contributed by atoms with E-state index in [0.717, 1.165) is 77.0 Å². The number of aliphatic imine (C=N–C) groups is 1. The van der Waals surface area contributed by atoms with Crippen molar-refractivity contribution in [2.24, 2.45) is 4.99 Å². The lowest BCUT2D eigenvalue weighted by Crippen LogP contribution is -2.41. The number of benzene rings is 1. The molecule has 4 rings (SSSR count). The second-order valence-electron chi connectivity index (χ2n) is 7.48. The van der Waals surface area contributed by atoms with E-state index in [1.807, 2.05) is 12.1 Å². The number of hydrogen-bond acceptors (Lipinski definition) is 4. The van der Waals surface area contributed by atoms with Crippen molar-refractivity contribution in [3.63, 3.8) is 0 Å². The summed E-state index contributed by atoms with van der Waals surface area (Å²) in [5, 5.41) is 8.22. The molecule has 31 heavy (non-hydrogen) atoms. The van der Waals surface area contributed by atoms with Crippen molar-refractivity contribution in [1.29, 1.82) is 0 Å². The first-order chi connectivity index (χ1) is 14.9. The summed E-state index contributed by atoms with van der Waals surface area (Å²) in [6.45, 7) is 6.95. The fourth-order valence-corrected chi connectivity index (χ4v) is 3.72. The van der Waals surface area contributed by atoms with Crippen LogP contribution in [-0.4, -0.2) is 68.3 Å². The van der Waals surface area contributed by atoms with Gasteiger partial charge in [-0.15, -0.1) is 24.0 Å². The van der Waals surface area contributed by atoms with Gasteiger partial charge < -0.3 is 24.8 Å². The number of nitrogens with one attached hydrogen (secondary N) is 3. The molecular weight excluding hydrogens is 505 g/mol. The van der Waals surface area contributed by atoms with Gasteiger partial charge in [0.25, 0.3) is 0 Å². The second-order valence-corrected chi connectivity index (χ2v) is 7.48. The Labute approximate surface area is 200 Å². The summed E-state index contributed by atoms with van der Waals surface area (Å²) in [7, 11) is 0. The first-order valence-electron chi connectivity index (χ1n) is 10.8. The van der Waals surface area contributed by atoms with E-state index in [1.165, 1.54) is 16.5 Å². The summed E-state index contributed by atoms with van der Waals surface area (Å²) in [5.41, 5.74) is 2.50. The molecule has 0 aliphatic carbocycles. The highest BCUT2D eigenvalue weighted by molar-refractivity contribution is 14.0. The van der Waals surface area contributed by atoms with E-state index < -0.39 is 0 Å². The van der Waals surface area contributed by atoms with Crippen molar-refractivity contribution in [3.05, 3.63) is 60.2 Å². The maximum absolute atomic E-state index is 5.42. The quantitative estimate of drug-likeness (QED) is 0.222. The number of aromatic amines is 1. The number of guanidine groups is 1. The molecule has 1 aliphatic heterocycles. The zero-order chi connectivity index (χ0) is 20.4. The molecule has 1 fully saturated rings. The van der Waals surface area contributed by atoms with Gasteiger partial charge >= 0.3 is 0 Å². The number of morpholine rings is 1. The molecule has 1 aliphatic rings. The maximum Gasteiger partial charge on any atom is 0.191 e. The number of aromatic nitrogens is 1. The lowest BCUT2D eigenvalue weighted by molar-refractivity contribution is 0.0394. The van der Waals surface area contributed by atoms with Crippen LogP contribution in [0.4, 0.5) is 0 Å². The van der Waals surface area contributed by atoms with Crippen molar-refractivity contribution in [1.82, 2.24) is 20.5 Å². The van der Waals surface area contributed by atoms with Gasteiger partial charge in [-0.05, 0) is 30.2 Å². The number of ether oxygens (including phenoxy) is 1. The molecule has 0 amide bonds. The average molecular weight is 537 g/mol. The van der Waals surface area contributed by atoms with E-state index in [0.29, 0.717) is 0 Å². The molecule has 1 aromatic carbocycles. The molecule has 3 N–H and O–H groups in total. The Kier molecular flexibility index (Phi) is 9.70. The Balaban J connectivity index is 0.00000272. The summed E-state index contributed by atoms with van der Waals surface area (Å²) in [4.78, 5) is 10.5. The van der Waals surface area contributed by atoms with Crippen molar-refractivity contribution in [2.75, 3.05) is 52.5 Å². The van der Waals surface area contributed by atoms with Crippen LogP contribution in [0, 0.1) is 0 Å². The number of fused-ring (bicyclic) bond motifs is 1. The summed E-state index contributed by atoms with van der Waals surface area (Å²) in [5.74, 6) is 1.84. The van der Waals surface area contributed by atoms with Crippen LogP contribution in [0.5, 0.6) is 0 Å². The highest BCUT2D eigenvalue weighted by Gasteiger charge is 2.09. The van der Waals surface area contributed by atoms with Gasteiger partial charge in [0.05, 0.1) is 26.0 Å². The van der Waals surface area contributed by atoms with Crippen molar-refractivity contribution < 1.29 is 9.15 Å². The number of rotatable bonds is 9. The van der Waals surface area contributed by atoms with Gasteiger partial charge in [-0.2, -0.15) is 0 Å². The lowest BCUT2D eigenvalue weighted by atomic mass is 10.1. The summed E-state index contributed by atoms with van der Waals surface area (Å²) in [6.07, 6.45) is 5.59. The van der Waals surface area contributed by atoms with Crippen LogP contribution in [-0.2, 0) is 17.6 Å². The van der Waals surface area contributed by atoms with Crippen LogP contribution < -0.4 is 10.6 Å². The number of H-pyrrole nitrogens is 1. The van der Waals surface area contributed by atoms with Crippen LogP contribution >= 0.6 is 24.0 Å². The predicted molar refractivity (Wildman–Crippen MR) is 135 cm³/mol. The molecule has 0 radical (unpaired) electrons. The van der Waals surface area contributed by atoms with Crippen LogP contribution in [0.15, 0.2) is 58.3 Å². The molecule has 2 aromatic heterocycles. The molecule has 8 heteroatoms. The molecule has 3 heterocycles. The Morgan fingerprint density at radius 3 is 2.65 bits per heavy atom. The first-order valence-corrected chi connectivity index (χ1v) is 10.8. The van der Waals surface area contributed by atoms with Gasteiger partial charge in [0, 0.05) is 56.2 Å². The van der Waals surface area contributed by atoms with E-state index in [9.17, 15) is 0 Å². The standard InChI is InChI=1S/C23H31N5O2.HI/c1-2-6-22-21(5-1)19(18-27-22)7-9-24-23(25-10-8-20-4-3-15-30-20)26-11-12-28-13-16-29-17-14-28;/h1-6,15,18,27H,7-14,16-17H2,(H2,24,25,26);1H. The van der Waals surface area contributed by atoms with Gasteiger partial charge in [-0.3, -0.25) is 9.89 Å². The highest BCUT2D eigenvalue weighted by Crippen LogP contribution is 2.17. The minimum Gasteiger partial charge on any atom is -0.469 e. The van der Waals surface area contributed by atoms with Crippen molar-refractivity contribution in [2.45, 2.75) is 12.8 Å². The SMILES string of the molecule is I.c1coc(CCNC(=NCCN2CCOCC2)NCCc2c[nH]c3ccccc23)c1. The molecule has 0 saturated carbocycles. The zero-order valence-electron chi connectivity index (χ0n) is 17.8. The van der Waals surface area contributed by atoms with Gasteiger partial charge in [-0.1, -0.05) is 18.2 Å². The fraction of sp³-hybridized carbons (Fsp3) is 0.435. The fourth-order valence-electron chi connectivity index (χ4n) is 3.72. The molecule has 0 bridgehead atoms. The monoisotopic (exact) mass is 537 g/mol. The van der Waals surface area contributed by atoms with Crippen LogP contribution in [0.3, 0.4) is 0 Å². The molecule has 3 aromatic rings. The summed E-state index contributed by atoms with van der Waals surface area (Å²) in [6, 6.07) is 12.3. The highest BCUT2D eigenvalue weighted by atomic mass is 127. The topological polar surface area (TPSA) is 77.8 Å². The number of hydrogen-bond donors (Lipinski definition) is 3. The third kappa shape index (κ3) is 7.26. The van der Waals surface area contributed by atoms with Crippen LogP contribution in [0.25, 0.3) is 10.9 Å². The minimum absolute atomic E-state index is 0. The largest absolute Gasteiger partial charge is 0.469 e. The Hall–Kier alpha value is -2.04. The lowest BCUT2D eigenvalue weighted by Gasteiger charge is -2.25. The summed E-state index contributed by atoms with van der Waals surface area (Å²) < 4.78 is 10.8. The molecule has 1 saturated heterocycles. The Morgan fingerprint density at radius 2 is 1.84 bits per heavy atom. The third-order valence-corrected chi connectivity index (χ3v) is 5.40.